The fraction of sp³-hybridized carbons (Fsp3) is 1.00. The molecule has 0 aromatic carbocycles. The molecule has 0 aromatic rings. The Hall–Kier alpha value is -0.180. The van der Waals surface area contributed by atoms with E-state index in [1.807, 2.05) is 0 Å². The monoisotopic (exact) mass is 328 g/mol. The first-order valence-electron chi connectivity index (χ1n) is 6.86. The SMILES string of the molecule is CS(=O)(=O)OCC[C@H]1CCCC[C@@H]1CCOS(C)(=O)=O. The van der Waals surface area contributed by atoms with Crippen LogP contribution in [0, 0.1) is 11.8 Å². The van der Waals surface area contributed by atoms with E-state index >= 15 is 0 Å². The van der Waals surface area contributed by atoms with Gasteiger partial charge in [0.05, 0.1) is 25.7 Å². The Morgan fingerprint density at radius 1 is 0.800 bits per heavy atom. The van der Waals surface area contributed by atoms with Crippen LogP contribution in [0.2, 0.25) is 0 Å². The molecule has 0 spiro atoms. The third-order valence-corrected chi connectivity index (χ3v) is 4.83. The van der Waals surface area contributed by atoms with Crippen molar-refractivity contribution in [3.8, 4) is 0 Å². The van der Waals surface area contributed by atoms with E-state index in [0.29, 0.717) is 24.7 Å². The zero-order chi connectivity index (χ0) is 15.2. The molecule has 0 unspecified atom stereocenters. The number of hydrogen-bond acceptors (Lipinski definition) is 6. The Bertz CT molecular complexity index is 436. The third kappa shape index (κ3) is 8.18. The lowest BCUT2D eigenvalue weighted by Gasteiger charge is -2.31. The van der Waals surface area contributed by atoms with Crippen molar-refractivity contribution in [2.45, 2.75) is 38.5 Å². The van der Waals surface area contributed by atoms with Gasteiger partial charge in [-0.3, -0.25) is 8.37 Å². The number of hydrogen-bond donors (Lipinski definition) is 0. The summed E-state index contributed by atoms with van der Waals surface area (Å²) in [4.78, 5) is 0. The minimum absolute atomic E-state index is 0.201. The second-order valence-corrected chi connectivity index (χ2v) is 8.72. The molecule has 1 fully saturated rings. The van der Waals surface area contributed by atoms with Gasteiger partial charge in [-0.15, -0.1) is 0 Å². The molecule has 1 aliphatic rings. The highest BCUT2D eigenvalue weighted by atomic mass is 32.2. The van der Waals surface area contributed by atoms with Gasteiger partial charge in [0.2, 0.25) is 0 Å². The molecule has 0 bridgehead atoms. The second kappa shape index (κ2) is 7.72. The molecule has 0 aliphatic heterocycles. The minimum atomic E-state index is -3.38. The summed E-state index contributed by atoms with van der Waals surface area (Å²) in [6.07, 6.45) is 7.82. The summed E-state index contributed by atoms with van der Waals surface area (Å²) in [5, 5.41) is 0. The van der Waals surface area contributed by atoms with E-state index in [2.05, 4.69) is 0 Å². The van der Waals surface area contributed by atoms with Crippen LogP contribution in [0.15, 0.2) is 0 Å². The Kier molecular flexibility index (Phi) is 6.90. The van der Waals surface area contributed by atoms with E-state index in [1.54, 1.807) is 0 Å². The number of rotatable bonds is 8. The average molecular weight is 328 g/mol. The molecule has 8 heteroatoms. The zero-order valence-electron chi connectivity index (χ0n) is 12.1. The van der Waals surface area contributed by atoms with Gasteiger partial charge >= 0.3 is 0 Å². The van der Waals surface area contributed by atoms with Crippen molar-refractivity contribution in [2.24, 2.45) is 11.8 Å². The van der Waals surface area contributed by atoms with Crippen molar-refractivity contribution in [1.29, 1.82) is 0 Å². The highest BCUT2D eigenvalue weighted by Gasteiger charge is 2.25. The van der Waals surface area contributed by atoms with Crippen molar-refractivity contribution in [2.75, 3.05) is 25.7 Å². The summed E-state index contributed by atoms with van der Waals surface area (Å²) >= 11 is 0. The van der Waals surface area contributed by atoms with Crippen molar-refractivity contribution < 1.29 is 25.2 Å². The molecule has 1 aliphatic carbocycles. The molecule has 20 heavy (non-hydrogen) atoms. The summed E-state index contributed by atoms with van der Waals surface area (Å²) in [5.41, 5.74) is 0. The van der Waals surface area contributed by atoms with Gasteiger partial charge < -0.3 is 0 Å². The minimum Gasteiger partial charge on any atom is -0.270 e. The van der Waals surface area contributed by atoms with Crippen molar-refractivity contribution in [3.05, 3.63) is 0 Å². The van der Waals surface area contributed by atoms with Gasteiger partial charge in [0.1, 0.15) is 0 Å². The molecule has 6 nitrogen and oxygen atoms in total. The maximum atomic E-state index is 10.9. The lowest BCUT2D eigenvalue weighted by molar-refractivity contribution is 0.159. The van der Waals surface area contributed by atoms with E-state index in [9.17, 15) is 16.8 Å². The molecule has 0 N–H and O–H groups in total. The quantitative estimate of drug-likeness (QED) is 0.628. The van der Waals surface area contributed by atoms with Gasteiger partial charge in [-0.2, -0.15) is 16.8 Å². The van der Waals surface area contributed by atoms with E-state index < -0.39 is 20.2 Å². The van der Waals surface area contributed by atoms with E-state index in [4.69, 9.17) is 8.37 Å². The summed E-state index contributed by atoms with van der Waals surface area (Å²) in [6, 6.07) is 0. The molecular formula is C12H24O6S2. The van der Waals surface area contributed by atoms with Crippen LogP contribution in [-0.2, 0) is 28.6 Å². The normalized spacial score (nSPS) is 24.7. The van der Waals surface area contributed by atoms with Crippen LogP contribution in [-0.4, -0.2) is 42.6 Å². The molecule has 2 atom stereocenters. The molecule has 1 rings (SSSR count). The molecule has 120 valence electrons. The predicted octanol–water partition coefficient (Wildman–Crippen LogP) is 1.53. The largest absolute Gasteiger partial charge is 0.270 e. The Labute approximate surface area is 122 Å². The van der Waals surface area contributed by atoms with Crippen molar-refractivity contribution in [3.63, 3.8) is 0 Å². The fourth-order valence-electron chi connectivity index (χ4n) is 2.75. The highest BCUT2D eigenvalue weighted by molar-refractivity contribution is 7.86. The van der Waals surface area contributed by atoms with Crippen LogP contribution >= 0.6 is 0 Å². The van der Waals surface area contributed by atoms with Gasteiger partial charge in [-0.1, -0.05) is 25.7 Å². The van der Waals surface area contributed by atoms with E-state index in [1.165, 1.54) is 0 Å². The fourth-order valence-corrected chi connectivity index (χ4v) is 3.54. The topological polar surface area (TPSA) is 86.7 Å². The smallest absolute Gasteiger partial charge is 0.264 e. The first-order valence-corrected chi connectivity index (χ1v) is 10.5. The van der Waals surface area contributed by atoms with Crippen LogP contribution in [0.4, 0.5) is 0 Å². The van der Waals surface area contributed by atoms with Crippen molar-refractivity contribution >= 4 is 20.2 Å². The van der Waals surface area contributed by atoms with Crippen LogP contribution in [0.1, 0.15) is 38.5 Å². The standard InChI is InChI=1S/C12H24O6S2/c1-19(13,14)17-9-7-11-5-3-4-6-12(11)8-10-18-20(2,15)16/h11-12H,3-10H2,1-2H3/t11-,12-/m1/s1. The molecule has 0 aromatic heterocycles. The first-order chi connectivity index (χ1) is 9.17. The third-order valence-electron chi connectivity index (χ3n) is 3.64. The molecule has 0 amide bonds. The molecule has 0 radical (unpaired) electrons. The van der Waals surface area contributed by atoms with Crippen molar-refractivity contribution in [1.82, 2.24) is 0 Å². The zero-order valence-corrected chi connectivity index (χ0v) is 13.7. The summed E-state index contributed by atoms with van der Waals surface area (Å²) in [7, 11) is -6.77. The predicted molar refractivity (Wildman–Crippen MR) is 76.3 cm³/mol. The highest BCUT2D eigenvalue weighted by Crippen LogP contribution is 2.34. The van der Waals surface area contributed by atoms with E-state index in [0.717, 1.165) is 38.2 Å². The molecule has 1 saturated carbocycles. The lowest BCUT2D eigenvalue weighted by atomic mass is 9.76. The summed E-state index contributed by atoms with van der Waals surface area (Å²) in [6.45, 7) is 0.403. The van der Waals surface area contributed by atoms with E-state index in [-0.39, 0.29) is 13.2 Å². The van der Waals surface area contributed by atoms with Crippen LogP contribution < -0.4 is 0 Å². The van der Waals surface area contributed by atoms with Crippen LogP contribution in [0.25, 0.3) is 0 Å². The lowest BCUT2D eigenvalue weighted by Crippen LogP contribution is -2.23. The Morgan fingerprint density at radius 3 is 1.45 bits per heavy atom. The maximum absolute atomic E-state index is 10.9. The first kappa shape index (κ1) is 17.9. The van der Waals surface area contributed by atoms with Gasteiger partial charge in [0.15, 0.2) is 0 Å². The summed E-state index contributed by atoms with van der Waals surface area (Å²) < 4.78 is 53.3. The average Bonchev–Trinajstić information content (AvgIpc) is 2.28. The Morgan fingerprint density at radius 2 is 1.15 bits per heavy atom. The van der Waals surface area contributed by atoms with Gasteiger partial charge in [0, 0.05) is 0 Å². The second-order valence-electron chi connectivity index (χ2n) is 5.43. The van der Waals surface area contributed by atoms with Crippen LogP contribution in [0.3, 0.4) is 0 Å². The van der Waals surface area contributed by atoms with Gasteiger partial charge in [-0.25, -0.2) is 0 Å². The van der Waals surface area contributed by atoms with Gasteiger partial charge in [0.25, 0.3) is 20.2 Å². The summed E-state index contributed by atoms with van der Waals surface area (Å²) in [5.74, 6) is 0.766. The molecule has 0 saturated heterocycles. The van der Waals surface area contributed by atoms with Crippen LogP contribution in [0.5, 0.6) is 0 Å². The van der Waals surface area contributed by atoms with Gasteiger partial charge in [-0.05, 0) is 24.7 Å². The maximum Gasteiger partial charge on any atom is 0.264 e. The molecule has 0 heterocycles. The molecular weight excluding hydrogens is 304 g/mol. The Balaban J connectivity index is 2.38.